The minimum Gasteiger partial charge on any atom is -0.475 e. The van der Waals surface area contributed by atoms with Crippen molar-refractivity contribution in [2.24, 2.45) is 0 Å². The highest BCUT2D eigenvalue weighted by Crippen LogP contribution is 2.33. The van der Waals surface area contributed by atoms with Gasteiger partial charge in [-0.2, -0.15) is 13.2 Å². The van der Waals surface area contributed by atoms with Crippen LogP contribution in [0.15, 0.2) is 12.7 Å². The molecule has 0 saturated carbocycles. The third-order valence-corrected chi connectivity index (χ3v) is 6.04. The minimum atomic E-state index is -5.08. The van der Waals surface area contributed by atoms with Gasteiger partial charge in [0.05, 0.1) is 6.26 Å². The molecule has 2 saturated heterocycles. The fourth-order valence-electron chi connectivity index (χ4n) is 3.16. The molecule has 2 fully saturated rings. The summed E-state index contributed by atoms with van der Waals surface area (Å²) in [5.74, 6) is -2.65. The van der Waals surface area contributed by atoms with E-state index >= 15 is 0 Å². The Balaban J connectivity index is 0.000000445. The van der Waals surface area contributed by atoms with E-state index in [4.69, 9.17) is 9.90 Å². The molecule has 1 N–H and O–H groups in total. The highest BCUT2D eigenvalue weighted by Gasteiger charge is 2.49. The SMILES string of the molecule is C=CCN1CCN(C)C2(CCN(S(C)(=O)=O)CC2)C1=O.O=C(O)C(F)(F)F. The number of piperazine rings is 1. The Morgan fingerprint density at radius 1 is 1.26 bits per heavy atom. The molecule has 2 aliphatic rings. The van der Waals surface area contributed by atoms with Crippen molar-refractivity contribution >= 4 is 21.9 Å². The van der Waals surface area contributed by atoms with Gasteiger partial charge < -0.3 is 10.0 Å². The van der Waals surface area contributed by atoms with Gasteiger partial charge in [-0.3, -0.25) is 9.69 Å². The molecule has 0 aromatic rings. The number of nitrogens with zero attached hydrogens (tertiary/aromatic N) is 3. The summed E-state index contributed by atoms with van der Waals surface area (Å²) >= 11 is 0. The molecule has 2 rings (SSSR count). The van der Waals surface area contributed by atoms with Crippen LogP contribution in [-0.4, -0.2) is 97.2 Å². The molecule has 27 heavy (non-hydrogen) atoms. The van der Waals surface area contributed by atoms with Crippen LogP contribution in [0.4, 0.5) is 13.2 Å². The summed E-state index contributed by atoms with van der Waals surface area (Å²) in [5, 5.41) is 7.12. The van der Waals surface area contributed by atoms with E-state index in [2.05, 4.69) is 11.5 Å². The van der Waals surface area contributed by atoms with Crippen LogP contribution in [0, 0.1) is 0 Å². The number of carbonyl (C=O) groups excluding carboxylic acids is 1. The van der Waals surface area contributed by atoms with Crippen molar-refractivity contribution < 1.29 is 36.3 Å². The lowest BCUT2D eigenvalue weighted by molar-refractivity contribution is -0.192. The number of rotatable bonds is 3. The second-order valence-corrected chi connectivity index (χ2v) is 8.44. The maximum Gasteiger partial charge on any atom is 0.490 e. The number of halogens is 3. The maximum atomic E-state index is 12.7. The molecule has 8 nitrogen and oxygen atoms in total. The van der Waals surface area contributed by atoms with Gasteiger partial charge in [0.1, 0.15) is 5.54 Å². The number of alkyl halides is 3. The normalized spacial score (nSPS) is 21.5. The Bertz CT molecular complexity index is 673. The standard InChI is InChI=1S/C13H23N3O3S.C2HF3O2/c1-4-7-15-11-10-14(2)13(12(15)17)5-8-16(9-6-13)20(3,18)19;3-2(4,5)1(6)7/h4H,1,5-11H2,2-3H3;(H,6,7). The molecule has 0 bridgehead atoms. The molecule has 1 spiro atoms. The summed E-state index contributed by atoms with van der Waals surface area (Å²) in [4.78, 5) is 25.5. The van der Waals surface area contributed by atoms with Gasteiger partial charge in [0.2, 0.25) is 15.9 Å². The smallest absolute Gasteiger partial charge is 0.475 e. The van der Waals surface area contributed by atoms with Gasteiger partial charge in [-0.25, -0.2) is 17.5 Å². The van der Waals surface area contributed by atoms with E-state index in [1.54, 1.807) is 6.08 Å². The van der Waals surface area contributed by atoms with Crippen LogP contribution in [0.2, 0.25) is 0 Å². The molecule has 156 valence electrons. The first-order valence-electron chi connectivity index (χ1n) is 8.12. The highest BCUT2D eigenvalue weighted by atomic mass is 32.2. The van der Waals surface area contributed by atoms with E-state index in [9.17, 15) is 26.4 Å². The Kier molecular flexibility index (Phi) is 7.42. The number of hydrogen-bond acceptors (Lipinski definition) is 5. The van der Waals surface area contributed by atoms with Crippen molar-refractivity contribution in [3.05, 3.63) is 12.7 Å². The average molecular weight is 415 g/mol. The minimum absolute atomic E-state index is 0.110. The monoisotopic (exact) mass is 415 g/mol. The fraction of sp³-hybridized carbons (Fsp3) is 0.733. The first-order valence-corrected chi connectivity index (χ1v) is 9.97. The van der Waals surface area contributed by atoms with Gasteiger partial charge in [0.25, 0.3) is 0 Å². The van der Waals surface area contributed by atoms with Gasteiger partial charge in [-0.15, -0.1) is 6.58 Å². The second-order valence-electron chi connectivity index (χ2n) is 6.46. The van der Waals surface area contributed by atoms with E-state index in [-0.39, 0.29) is 5.91 Å². The topological polar surface area (TPSA) is 98.2 Å². The van der Waals surface area contributed by atoms with Gasteiger partial charge in [-0.05, 0) is 19.9 Å². The van der Waals surface area contributed by atoms with Crippen molar-refractivity contribution in [3.8, 4) is 0 Å². The van der Waals surface area contributed by atoms with Crippen molar-refractivity contribution in [3.63, 3.8) is 0 Å². The van der Waals surface area contributed by atoms with E-state index < -0.39 is 27.7 Å². The number of carbonyl (C=O) groups is 2. The molecular weight excluding hydrogens is 391 g/mol. The van der Waals surface area contributed by atoms with Crippen LogP contribution in [0.3, 0.4) is 0 Å². The lowest BCUT2D eigenvalue weighted by Gasteiger charge is -2.51. The Morgan fingerprint density at radius 3 is 2.11 bits per heavy atom. The lowest BCUT2D eigenvalue weighted by atomic mass is 9.83. The first-order chi connectivity index (χ1) is 12.3. The molecule has 12 heteroatoms. The summed E-state index contributed by atoms with van der Waals surface area (Å²) in [6.07, 6.45) is -1.00. The number of aliphatic carboxylic acids is 1. The predicted molar refractivity (Wildman–Crippen MR) is 91.5 cm³/mol. The fourth-order valence-corrected chi connectivity index (χ4v) is 4.00. The highest BCUT2D eigenvalue weighted by molar-refractivity contribution is 7.88. The number of hydrogen-bond donors (Lipinski definition) is 1. The van der Waals surface area contributed by atoms with Crippen molar-refractivity contribution in [1.29, 1.82) is 0 Å². The summed E-state index contributed by atoms with van der Waals surface area (Å²) in [6.45, 7) is 6.60. The number of piperidine rings is 1. The van der Waals surface area contributed by atoms with E-state index in [0.717, 1.165) is 6.54 Å². The second kappa shape index (κ2) is 8.57. The molecule has 2 aliphatic heterocycles. The van der Waals surface area contributed by atoms with Crippen LogP contribution in [-0.2, 0) is 19.6 Å². The molecule has 0 radical (unpaired) electrons. The van der Waals surface area contributed by atoms with Crippen LogP contribution >= 0.6 is 0 Å². The zero-order chi connectivity index (χ0) is 21.0. The molecular formula is C15H24F3N3O5S. The van der Waals surface area contributed by atoms with Crippen LogP contribution < -0.4 is 0 Å². The number of likely N-dealkylation sites (N-methyl/N-ethyl adjacent to an activating group) is 1. The Labute approximate surface area is 156 Å². The molecule has 1 amide bonds. The molecule has 0 aliphatic carbocycles. The van der Waals surface area contributed by atoms with Crippen molar-refractivity contribution in [2.75, 3.05) is 46.0 Å². The average Bonchev–Trinajstić information content (AvgIpc) is 2.55. The predicted octanol–water partition coefficient (Wildman–Crippen LogP) is 0.374. The molecule has 0 unspecified atom stereocenters. The summed E-state index contributed by atoms with van der Waals surface area (Å²) in [5.41, 5.74) is -0.539. The van der Waals surface area contributed by atoms with Crippen LogP contribution in [0.1, 0.15) is 12.8 Å². The Hall–Kier alpha value is -1.66. The van der Waals surface area contributed by atoms with Gasteiger partial charge >= 0.3 is 12.1 Å². The first kappa shape index (κ1) is 23.4. The van der Waals surface area contributed by atoms with Crippen molar-refractivity contribution in [1.82, 2.24) is 14.1 Å². The van der Waals surface area contributed by atoms with E-state index in [0.29, 0.717) is 39.0 Å². The molecule has 0 aromatic carbocycles. The number of carboxylic acids is 1. The maximum absolute atomic E-state index is 12.7. The van der Waals surface area contributed by atoms with E-state index in [1.807, 2.05) is 11.9 Å². The third kappa shape index (κ3) is 5.66. The zero-order valence-electron chi connectivity index (χ0n) is 15.2. The largest absolute Gasteiger partial charge is 0.490 e. The van der Waals surface area contributed by atoms with Gasteiger partial charge in [0, 0.05) is 32.7 Å². The van der Waals surface area contributed by atoms with Crippen LogP contribution in [0.5, 0.6) is 0 Å². The molecule has 2 heterocycles. The third-order valence-electron chi connectivity index (χ3n) is 4.73. The van der Waals surface area contributed by atoms with Gasteiger partial charge in [0.15, 0.2) is 0 Å². The molecule has 0 atom stereocenters. The molecule has 0 aromatic heterocycles. The summed E-state index contributed by atoms with van der Waals surface area (Å²) in [7, 11) is -1.21. The van der Waals surface area contributed by atoms with Gasteiger partial charge in [-0.1, -0.05) is 6.08 Å². The number of sulfonamides is 1. The zero-order valence-corrected chi connectivity index (χ0v) is 16.0. The summed E-state index contributed by atoms with van der Waals surface area (Å²) < 4.78 is 56.4. The quantitative estimate of drug-likeness (QED) is 0.669. The number of amides is 1. The Morgan fingerprint density at radius 2 is 1.74 bits per heavy atom. The van der Waals surface area contributed by atoms with Crippen LogP contribution in [0.25, 0.3) is 0 Å². The van der Waals surface area contributed by atoms with Crippen molar-refractivity contribution in [2.45, 2.75) is 24.6 Å². The lowest BCUT2D eigenvalue weighted by Crippen LogP contribution is -2.67. The van der Waals surface area contributed by atoms with E-state index in [1.165, 1.54) is 10.6 Å². The summed E-state index contributed by atoms with van der Waals surface area (Å²) in [6, 6.07) is 0. The number of carboxylic acid groups (broad SMARTS) is 1.